The number of ether oxygens (including phenoxy) is 5. The van der Waals surface area contributed by atoms with Crippen molar-refractivity contribution in [1.29, 1.82) is 0 Å². The van der Waals surface area contributed by atoms with Crippen LogP contribution in [0.25, 0.3) is 0 Å². The van der Waals surface area contributed by atoms with Crippen molar-refractivity contribution in [1.82, 2.24) is 0 Å². The standard InChI is InChI=1S/C15H26O9S/c1-9(2)23-25(16,17)19-8-15-12(22-14(5,6)24-15)11-10(7-18-15)20-13(3,4)21-11/h9-12H,7-8H2,1-6H3/t10-,11-,12+,15+/m1/s1. The summed E-state index contributed by atoms with van der Waals surface area (Å²) in [5.41, 5.74) is 0. The minimum atomic E-state index is -4.19. The maximum absolute atomic E-state index is 11.9. The number of fused-ring (bicyclic) bond motifs is 3. The molecule has 3 saturated heterocycles. The predicted octanol–water partition coefficient (Wildman–Crippen LogP) is 1.07. The Bertz CT molecular complexity index is 614. The topological polar surface area (TPSA) is 98.8 Å². The van der Waals surface area contributed by atoms with Crippen LogP contribution < -0.4 is 0 Å². The van der Waals surface area contributed by atoms with Gasteiger partial charge >= 0.3 is 10.4 Å². The average molecular weight is 382 g/mol. The molecule has 4 atom stereocenters. The minimum absolute atomic E-state index is 0.165. The van der Waals surface area contributed by atoms with E-state index in [4.69, 9.17) is 32.1 Å². The highest BCUT2D eigenvalue weighted by molar-refractivity contribution is 7.81. The summed E-state index contributed by atoms with van der Waals surface area (Å²) in [5.74, 6) is -3.22. The summed E-state index contributed by atoms with van der Waals surface area (Å²) in [6.07, 6.45) is -2.06. The van der Waals surface area contributed by atoms with Crippen LogP contribution in [0.1, 0.15) is 41.5 Å². The molecule has 3 aliphatic rings. The average Bonchev–Trinajstić information content (AvgIpc) is 2.87. The van der Waals surface area contributed by atoms with Gasteiger partial charge in [-0.05, 0) is 41.5 Å². The lowest BCUT2D eigenvalue weighted by Gasteiger charge is -2.40. The largest absolute Gasteiger partial charge is 0.400 e. The zero-order valence-corrected chi connectivity index (χ0v) is 16.1. The Labute approximate surface area is 148 Å². The van der Waals surface area contributed by atoms with Crippen molar-refractivity contribution < 1.29 is 40.5 Å². The molecule has 0 N–H and O–H groups in total. The second-order valence-electron chi connectivity index (χ2n) is 7.62. The first kappa shape index (κ1) is 19.4. The Morgan fingerprint density at radius 1 is 1.08 bits per heavy atom. The summed E-state index contributed by atoms with van der Waals surface area (Å²) in [6, 6.07) is 0. The lowest BCUT2D eigenvalue weighted by molar-refractivity contribution is -0.291. The first-order valence-electron chi connectivity index (χ1n) is 8.28. The van der Waals surface area contributed by atoms with Gasteiger partial charge in [0, 0.05) is 0 Å². The van der Waals surface area contributed by atoms with Crippen LogP contribution in [0.5, 0.6) is 0 Å². The van der Waals surface area contributed by atoms with Gasteiger partial charge in [0.1, 0.15) is 24.9 Å². The number of hydrogen-bond acceptors (Lipinski definition) is 9. The zero-order chi connectivity index (χ0) is 18.7. The molecule has 146 valence electrons. The second kappa shape index (κ2) is 6.10. The highest BCUT2D eigenvalue weighted by Crippen LogP contribution is 2.47. The van der Waals surface area contributed by atoms with E-state index in [1.807, 2.05) is 0 Å². The molecular weight excluding hydrogens is 356 g/mol. The van der Waals surface area contributed by atoms with Gasteiger partial charge in [0.15, 0.2) is 11.6 Å². The van der Waals surface area contributed by atoms with E-state index < -0.39 is 52.7 Å². The Kier molecular flexibility index (Phi) is 4.74. The molecule has 0 spiro atoms. The fraction of sp³-hybridized carbons (Fsp3) is 1.00. The van der Waals surface area contributed by atoms with Gasteiger partial charge in [-0.15, -0.1) is 0 Å². The molecule has 0 bridgehead atoms. The van der Waals surface area contributed by atoms with Gasteiger partial charge in [-0.2, -0.15) is 8.42 Å². The van der Waals surface area contributed by atoms with Gasteiger partial charge in [-0.1, -0.05) is 0 Å². The molecule has 0 radical (unpaired) electrons. The summed E-state index contributed by atoms with van der Waals surface area (Å²) in [6.45, 7) is 9.96. The molecule has 0 saturated carbocycles. The minimum Gasteiger partial charge on any atom is -0.343 e. The Balaban J connectivity index is 1.80. The molecule has 0 aliphatic carbocycles. The smallest absolute Gasteiger partial charge is 0.343 e. The maximum Gasteiger partial charge on any atom is 0.400 e. The van der Waals surface area contributed by atoms with E-state index in [9.17, 15) is 8.42 Å². The van der Waals surface area contributed by atoms with Crippen molar-refractivity contribution in [3.8, 4) is 0 Å². The molecule has 0 aromatic carbocycles. The summed E-state index contributed by atoms with van der Waals surface area (Å²) < 4.78 is 63.0. The highest BCUT2D eigenvalue weighted by Gasteiger charge is 2.65. The van der Waals surface area contributed by atoms with Gasteiger partial charge in [-0.25, -0.2) is 8.37 Å². The Morgan fingerprint density at radius 2 is 1.76 bits per heavy atom. The summed E-state index contributed by atoms with van der Waals surface area (Å²) in [7, 11) is -4.19. The fourth-order valence-corrected chi connectivity index (χ4v) is 4.20. The van der Waals surface area contributed by atoms with E-state index in [2.05, 4.69) is 0 Å². The zero-order valence-electron chi connectivity index (χ0n) is 15.3. The number of hydrogen-bond donors (Lipinski definition) is 0. The van der Waals surface area contributed by atoms with Crippen LogP contribution in [-0.4, -0.2) is 63.4 Å². The van der Waals surface area contributed by atoms with Crippen LogP contribution in [0.2, 0.25) is 0 Å². The third kappa shape index (κ3) is 4.01. The molecule has 9 nitrogen and oxygen atoms in total. The molecule has 10 heteroatoms. The summed E-state index contributed by atoms with van der Waals surface area (Å²) in [4.78, 5) is 0. The normalized spacial score (nSPS) is 39.4. The maximum atomic E-state index is 11.9. The van der Waals surface area contributed by atoms with E-state index in [0.717, 1.165) is 0 Å². The summed E-state index contributed by atoms with van der Waals surface area (Å²) in [5, 5.41) is 0. The van der Waals surface area contributed by atoms with Crippen LogP contribution in [0.4, 0.5) is 0 Å². The van der Waals surface area contributed by atoms with E-state index >= 15 is 0 Å². The molecule has 3 aliphatic heterocycles. The fourth-order valence-electron chi connectivity index (χ4n) is 3.37. The van der Waals surface area contributed by atoms with Crippen molar-refractivity contribution in [2.24, 2.45) is 0 Å². The molecule has 3 heterocycles. The third-order valence-electron chi connectivity index (χ3n) is 3.99. The van der Waals surface area contributed by atoms with Gasteiger partial charge < -0.3 is 23.7 Å². The van der Waals surface area contributed by atoms with Crippen molar-refractivity contribution in [2.75, 3.05) is 13.2 Å². The van der Waals surface area contributed by atoms with Crippen LogP contribution >= 0.6 is 0 Å². The third-order valence-corrected chi connectivity index (χ3v) is 5.02. The lowest BCUT2D eigenvalue weighted by atomic mass is 9.98. The summed E-state index contributed by atoms with van der Waals surface area (Å²) >= 11 is 0. The second-order valence-corrected chi connectivity index (χ2v) is 8.86. The van der Waals surface area contributed by atoms with Crippen LogP contribution in [-0.2, 0) is 42.4 Å². The lowest BCUT2D eigenvalue weighted by Crippen LogP contribution is -2.60. The quantitative estimate of drug-likeness (QED) is 0.691. The van der Waals surface area contributed by atoms with Crippen LogP contribution in [0.15, 0.2) is 0 Å². The van der Waals surface area contributed by atoms with Crippen molar-refractivity contribution in [3.63, 3.8) is 0 Å². The molecule has 3 fully saturated rings. The van der Waals surface area contributed by atoms with E-state index in [1.165, 1.54) is 0 Å². The Hall–Kier alpha value is -0.330. The molecule has 3 rings (SSSR count). The van der Waals surface area contributed by atoms with Gasteiger partial charge in [0.25, 0.3) is 0 Å². The van der Waals surface area contributed by atoms with Crippen molar-refractivity contribution >= 4 is 10.4 Å². The van der Waals surface area contributed by atoms with Gasteiger partial charge in [-0.3, -0.25) is 0 Å². The first-order valence-corrected chi connectivity index (χ1v) is 9.62. The van der Waals surface area contributed by atoms with E-state index in [1.54, 1.807) is 41.5 Å². The van der Waals surface area contributed by atoms with Crippen LogP contribution in [0, 0.1) is 0 Å². The van der Waals surface area contributed by atoms with Crippen LogP contribution in [0.3, 0.4) is 0 Å². The van der Waals surface area contributed by atoms with Crippen molar-refractivity contribution in [3.05, 3.63) is 0 Å². The van der Waals surface area contributed by atoms with Crippen molar-refractivity contribution in [2.45, 2.75) is 83.3 Å². The van der Waals surface area contributed by atoms with E-state index in [0.29, 0.717) is 0 Å². The molecule has 0 amide bonds. The number of rotatable bonds is 5. The first-order chi connectivity index (χ1) is 11.3. The highest BCUT2D eigenvalue weighted by atomic mass is 32.3. The monoisotopic (exact) mass is 382 g/mol. The molecule has 0 unspecified atom stereocenters. The van der Waals surface area contributed by atoms with Gasteiger partial charge in [0.2, 0.25) is 5.79 Å². The van der Waals surface area contributed by atoms with Gasteiger partial charge in [0.05, 0.1) is 12.7 Å². The molecule has 0 aromatic rings. The SMILES string of the molecule is CC(C)OS(=O)(=O)OC[C@@]12OC[C@H]3OC(C)(C)O[C@H]3[C@@H]1OC(C)(C)O2. The molecular formula is C15H26O9S. The van der Waals surface area contributed by atoms with E-state index in [-0.39, 0.29) is 12.7 Å². The molecule has 0 aromatic heterocycles. The molecule has 25 heavy (non-hydrogen) atoms. The predicted molar refractivity (Wildman–Crippen MR) is 83.6 cm³/mol. The Morgan fingerprint density at radius 3 is 2.40 bits per heavy atom.